The third kappa shape index (κ3) is 2.36. The van der Waals surface area contributed by atoms with E-state index in [1.54, 1.807) is 0 Å². The Kier molecular flexibility index (Phi) is 3.14. The maximum Gasteiger partial charge on any atom is 0.534 e. The molecule has 2 amide bonds. The van der Waals surface area contributed by atoms with Gasteiger partial charge in [0.1, 0.15) is 6.10 Å². The molecule has 6 nitrogen and oxygen atoms in total. The van der Waals surface area contributed by atoms with E-state index in [1.807, 2.05) is 24.3 Å². The molecule has 0 radical (unpaired) electrons. The fraction of sp³-hybridized carbons (Fsp3) is 0.357. The number of hydroxylamine groups is 2. The number of nitrogens with zero attached hydrogens (tertiary/aromatic N) is 1. The number of rotatable bonds is 2. The van der Waals surface area contributed by atoms with Crippen LogP contribution in [0.15, 0.2) is 24.3 Å². The Morgan fingerprint density at radius 3 is 2.15 bits per heavy atom. The first-order valence-corrected chi connectivity index (χ1v) is 6.44. The molecule has 20 heavy (non-hydrogen) atoms. The third-order valence-electron chi connectivity index (χ3n) is 3.45. The largest absolute Gasteiger partial charge is 0.534 e. The number of benzene rings is 1. The molecule has 0 unspecified atom stereocenters. The van der Waals surface area contributed by atoms with E-state index in [1.165, 1.54) is 0 Å². The van der Waals surface area contributed by atoms with Gasteiger partial charge in [-0.05, 0) is 11.1 Å². The molecule has 1 aliphatic heterocycles. The number of hydrogen-bond donors (Lipinski definition) is 0. The van der Waals surface area contributed by atoms with E-state index in [0.717, 1.165) is 11.1 Å². The number of ether oxygens (including phenoxy) is 1. The van der Waals surface area contributed by atoms with Gasteiger partial charge < -0.3 is 4.74 Å². The zero-order valence-corrected chi connectivity index (χ0v) is 10.7. The smallest absolute Gasteiger partial charge is 0.429 e. The Balaban J connectivity index is 1.56. The van der Waals surface area contributed by atoms with Gasteiger partial charge in [0.15, 0.2) is 0 Å². The van der Waals surface area contributed by atoms with Gasteiger partial charge in [-0.15, -0.1) is 0 Å². The highest BCUT2D eigenvalue weighted by molar-refractivity contribution is 6.01. The molecule has 6 heteroatoms. The highest BCUT2D eigenvalue weighted by Crippen LogP contribution is 2.24. The molecule has 0 N–H and O–H groups in total. The second kappa shape index (κ2) is 4.96. The molecule has 0 bridgehead atoms. The van der Waals surface area contributed by atoms with Gasteiger partial charge in [-0.3, -0.25) is 14.4 Å². The minimum atomic E-state index is -1.01. The maximum absolute atomic E-state index is 11.6. The van der Waals surface area contributed by atoms with Crippen LogP contribution in [-0.2, 0) is 32.0 Å². The predicted octanol–water partition coefficient (Wildman–Crippen LogP) is 1.37. The quantitative estimate of drug-likeness (QED) is 0.602. The molecule has 1 aromatic rings. The van der Waals surface area contributed by atoms with Gasteiger partial charge in [-0.25, -0.2) is 4.79 Å². The standard InChI is InChI=1S/C14H13NO5/c16-12-5-6-13(17)15(12)20-14(18)19-11-7-9-3-1-2-4-10(9)8-11/h1-4,11H,5-8H2. The average Bonchev–Trinajstić information content (AvgIpc) is 2.96. The molecule has 0 aromatic heterocycles. The third-order valence-corrected chi connectivity index (χ3v) is 3.45. The summed E-state index contributed by atoms with van der Waals surface area (Å²) in [5.74, 6) is -1.02. The summed E-state index contributed by atoms with van der Waals surface area (Å²) in [5.41, 5.74) is 2.28. The normalized spacial score (nSPS) is 18.3. The van der Waals surface area contributed by atoms with Gasteiger partial charge in [-0.1, -0.05) is 29.3 Å². The van der Waals surface area contributed by atoms with E-state index in [2.05, 4.69) is 4.84 Å². The van der Waals surface area contributed by atoms with E-state index in [-0.39, 0.29) is 18.9 Å². The van der Waals surface area contributed by atoms with Crippen LogP contribution >= 0.6 is 0 Å². The van der Waals surface area contributed by atoms with Gasteiger partial charge in [0.05, 0.1) is 0 Å². The SMILES string of the molecule is O=C(OC1Cc2ccccc2C1)ON1C(=O)CCC1=O. The van der Waals surface area contributed by atoms with Crippen molar-refractivity contribution in [3.63, 3.8) is 0 Å². The number of carbonyl (C=O) groups is 3. The zero-order chi connectivity index (χ0) is 14.1. The lowest BCUT2D eigenvalue weighted by Crippen LogP contribution is -2.33. The fourth-order valence-corrected chi connectivity index (χ4v) is 2.49. The molecule has 0 spiro atoms. The number of imide groups is 1. The van der Waals surface area contributed by atoms with E-state index in [9.17, 15) is 14.4 Å². The molecule has 104 valence electrons. The van der Waals surface area contributed by atoms with E-state index >= 15 is 0 Å². The molecule has 2 aliphatic rings. The van der Waals surface area contributed by atoms with Crippen molar-refractivity contribution in [2.45, 2.75) is 31.8 Å². The molecule has 3 rings (SSSR count). The minimum absolute atomic E-state index is 0.0704. The van der Waals surface area contributed by atoms with Gasteiger partial charge in [-0.2, -0.15) is 0 Å². The van der Waals surface area contributed by atoms with Crippen molar-refractivity contribution < 1.29 is 24.0 Å². The summed E-state index contributed by atoms with van der Waals surface area (Å²) in [6.07, 6.45) is 0.0570. The maximum atomic E-state index is 11.6. The lowest BCUT2D eigenvalue weighted by molar-refractivity contribution is -0.178. The van der Waals surface area contributed by atoms with Crippen molar-refractivity contribution in [1.29, 1.82) is 0 Å². The summed E-state index contributed by atoms with van der Waals surface area (Å²) < 4.78 is 5.15. The lowest BCUT2D eigenvalue weighted by atomic mass is 10.1. The van der Waals surface area contributed by atoms with Crippen molar-refractivity contribution in [3.8, 4) is 0 Å². The summed E-state index contributed by atoms with van der Waals surface area (Å²) in [7, 11) is 0. The second-order valence-corrected chi connectivity index (χ2v) is 4.84. The average molecular weight is 275 g/mol. The van der Waals surface area contributed by atoms with Crippen LogP contribution in [0.3, 0.4) is 0 Å². The molecular formula is C14H13NO5. The van der Waals surface area contributed by atoms with Crippen LogP contribution in [0.4, 0.5) is 4.79 Å². The van der Waals surface area contributed by atoms with Crippen molar-refractivity contribution >= 4 is 18.0 Å². The Morgan fingerprint density at radius 1 is 1.05 bits per heavy atom. The molecule has 1 aromatic carbocycles. The number of hydrogen-bond acceptors (Lipinski definition) is 5. The highest BCUT2D eigenvalue weighted by atomic mass is 16.8. The molecule has 1 heterocycles. The summed E-state index contributed by atoms with van der Waals surface area (Å²) in [6.45, 7) is 0. The van der Waals surface area contributed by atoms with Crippen LogP contribution in [0.2, 0.25) is 0 Å². The first-order chi connectivity index (χ1) is 9.63. The molecule has 0 atom stereocenters. The predicted molar refractivity (Wildman–Crippen MR) is 66.3 cm³/mol. The molecular weight excluding hydrogens is 262 g/mol. The first kappa shape index (κ1) is 12.7. The van der Waals surface area contributed by atoms with Crippen LogP contribution in [-0.4, -0.2) is 29.1 Å². The van der Waals surface area contributed by atoms with E-state index in [0.29, 0.717) is 17.9 Å². The molecule has 1 fully saturated rings. The van der Waals surface area contributed by atoms with Gasteiger partial charge >= 0.3 is 6.16 Å². The van der Waals surface area contributed by atoms with Crippen LogP contribution in [0.5, 0.6) is 0 Å². The van der Waals surface area contributed by atoms with E-state index in [4.69, 9.17) is 4.74 Å². The van der Waals surface area contributed by atoms with Gasteiger partial charge in [0.25, 0.3) is 11.8 Å². The van der Waals surface area contributed by atoms with Gasteiger partial charge in [0.2, 0.25) is 0 Å². The zero-order valence-electron chi connectivity index (χ0n) is 10.7. The molecule has 0 saturated carbocycles. The molecule has 1 saturated heterocycles. The van der Waals surface area contributed by atoms with Crippen LogP contribution in [0.25, 0.3) is 0 Å². The Morgan fingerprint density at radius 2 is 1.60 bits per heavy atom. The molecule has 1 aliphatic carbocycles. The first-order valence-electron chi connectivity index (χ1n) is 6.44. The summed E-state index contributed by atoms with van der Waals surface area (Å²) in [4.78, 5) is 38.9. The Labute approximate surface area is 115 Å². The second-order valence-electron chi connectivity index (χ2n) is 4.84. The van der Waals surface area contributed by atoms with Crippen LogP contribution < -0.4 is 0 Å². The summed E-state index contributed by atoms with van der Waals surface area (Å²) in [5, 5.41) is 0.491. The highest BCUT2D eigenvalue weighted by Gasteiger charge is 2.34. The summed E-state index contributed by atoms with van der Waals surface area (Å²) in [6, 6.07) is 7.83. The van der Waals surface area contributed by atoms with Crippen LogP contribution in [0, 0.1) is 0 Å². The number of carbonyl (C=O) groups excluding carboxylic acids is 3. The monoisotopic (exact) mass is 275 g/mol. The van der Waals surface area contributed by atoms with E-state index < -0.39 is 18.0 Å². The summed E-state index contributed by atoms with van der Waals surface area (Å²) >= 11 is 0. The van der Waals surface area contributed by atoms with Crippen molar-refractivity contribution in [3.05, 3.63) is 35.4 Å². The topological polar surface area (TPSA) is 72.9 Å². The van der Waals surface area contributed by atoms with Crippen molar-refractivity contribution in [2.75, 3.05) is 0 Å². The number of amides is 2. The Bertz CT molecular complexity index is 542. The minimum Gasteiger partial charge on any atom is -0.429 e. The van der Waals surface area contributed by atoms with Crippen molar-refractivity contribution in [1.82, 2.24) is 5.06 Å². The fourth-order valence-electron chi connectivity index (χ4n) is 2.49. The number of fused-ring (bicyclic) bond motifs is 1. The van der Waals surface area contributed by atoms with Crippen LogP contribution in [0.1, 0.15) is 24.0 Å². The van der Waals surface area contributed by atoms with Gasteiger partial charge in [0, 0.05) is 25.7 Å². The lowest BCUT2D eigenvalue weighted by Gasteiger charge is -2.15. The Hall–Kier alpha value is -2.37. The van der Waals surface area contributed by atoms with Crippen molar-refractivity contribution in [2.24, 2.45) is 0 Å².